The van der Waals surface area contributed by atoms with Gasteiger partial charge in [-0.1, -0.05) is 145 Å². The molecule has 0 unspecified atom stereocenters. The van der Waals surface area contributed by atoms with E-state index in [2.05, 4.69) is 164 Å². The van der Waals surface area contributed by atoms with Gasteiger partial charge in [-0.25, -0.2) is 0 Å². The Hall–Kier alpha value is -3.99. The van der Waals surface area contributed by atoms with Gasteiger partial charge in [0.2, 0.25) is 0 Å². The smallest absolute Gasteiger partial charge is 0.0644 e. The summed E-state index contributed by atoms with van der Waals surface area (Å²) >= 11 is 0. The van der Waals surface area contributed by atoms with Crippen molar-refractivity contribution in [2.45, 2.75) is 108 Å². The highest BCUT2D eigenvalue weighted by molar-refractivity contribution is 6.18. The molecule has 0 nitrogen and oxygen atoms in total. The van der Waals surface area contributed by atoms with Crippen LogP contribution in [0.25, 0.3) is 21.5 Å². The number of hydrogen-bond acceptors (Lipinski definition) is 0. The Kier molecular flexibility index (Phi) is 6.46. The maximum atomic E-state index is 3.78. The third-order valence-corrected chi connectivity index (χ3v) is 12.6. The second kappa shape index (κ2) is 10.0. The summed E-state index contributed by atoms with van der Waals surface area (Å²) in [6.45, 7) is 19.7. The third kappa shape index (κ3) is 4.30. The predicted molar refractivity (Wildman–Crippen MR) is 201 cm³/mol. The molecule has 0 aliphatic heterocycles. The van der Waals surface area contributed by atoms with Crippen molar-refractivity contribution in [2.24, 2.45) is 0 Å². The number of rotatable bonds is 4. The van der Waals surface area contributed by atoms with Crippen LogP contribution in [-0.2, 0) is 27.1 Å². The lowest BCUT2D eigenvalue weighted by molar-refractivity contribution is 0.332. The van der Waals surface area contributed by atoms with Gasteiger partial charge >= 0.3 is 0 Å². The number of hydrogen-bond donors (Lipinski definition) is 0. The molecule has 0 amide bonds. The lowest BCUT2D eigenvalue weighted by Gasteiger charge is -2.45. The van der Waals surface area contributed by atoms with Crippen molar-refractivity contribution in [1.82, 2.24) is 0 Å². The molecule has 0 saturated carbocycles. The molecule has 0 fully saturated rings. The molecule has 0 saturated heterocycles. The molecule has 0 heteroatoms. The third-order valence-electron chi connectivity index (χ3n) is 12.6. The molecule has 0 radical (unpaired) electrons. The van der Waals surface area contributed by atoms with Crippen LogP contribution in [0, 0.1) is 0 Å². The second-order valence-electron chi connectivity index (χ2n) is 17.4. The van der Waals surface area contributed by atoms with E-state index in [1.807, 2.05) is 0 Å². The standard InChI is InChI=1S/C47H49/c1-43(2)23-25-45(5,6)40-29-36-34(27-38(40)43)35-28-39-41(46(7,8)26-24-44(39,3)4)30-37(35)42(36)47(33-21-15-16-22-33,31-17-11-9-12-18-31)32-19-13-10-14-20-32/h9-21,27-30H,23-26H2,1-8H3/q-1. The van der Waals surface area contributed by atoms with E-state index in [0.29, 0.717) is 0 Å². The number of benzene rings is 4. The summed E-state index contributed by atoms with van der Waals surface area (Å²) in [5, 5.41) is 5.60. The van der Waals surface area contributed by atoms with Gasteiger partial charge in [0.1, 0.15) is 0 Å². The molecule has 5 aromatic carbocycles. The molecular weight excluding hydrogens is 565 g/mol. The summed E-state index contributed by atoms with van der Waals surface area (Å²) in [5.74, 6) is 0. The first-order valence-electron chi connectivity index (χ1n) is 17.8. The van der Waals surface area contributed by atoms with Gasteiger partial charge in [-0.2, -0.15) is 0 Å². The SMILES string of the molecule is CC1(C)CCC(C)(C)c2cc3c(cc21)c(C(C1=C=CC=C1)(c1ccccc1)c1ccccc1)[c-]1cc2c(cc31)C(C)(C)CCC2(C)C. The minimum Gasteiger partial charge on any atom is -0.122 e. The van der Waals surface area contributed by atoms with Crippen molar-refractivity contribution in [3.8, 4) is 0 Å². The summed E-state index contributed by atoms with van der Waals surface area (Å²) in [6.07, 6.45) is 11.4. The van der Waals surface area contributed by atoms with Crippen molar-refractivity contribution >= 4 is 21.5 Å². The van der Waals surface area contributed by atoms with Crippen LogP contribution in [0.15, 0.2) is 114 Å². The van der Waals surface area contributed by atoms with Crippen LogP contribution in [0.1, 0.15) is 120 Å². The van der Waals surface area contributed by atoms with Crippen LogP contribution in [0.2, 0.25) is 0 Å². The Morgan fingerprint density at radius 1 is 0.574 bits per heavy atom. The van der Waals surface area contributed by atoms with Crippen LogP contribution >= 0.6 is 0 Å². The van der Waals surface area contributed by atoms with Gasteiger partial charge in [-0.3, -0.25) is 0 Å². The first-order valence-corrected chi connectivity index (χ1v) is 17.8. The maximum Gasteiger partial charge on any atom is 0.0644 e. The highest BCUT2D eigenvalue weighted by atomic mass is 14.5. The molecule has 0 N–H and O–H groups in total. The predicted octanol–water partition coefficient (Wildman–Crippen LogP) is 12.4. The van der Waals surface area contributed by atoms with E-state index in [1.54, 1.807) is 0 Å². The fraction of sp³-hybridized carbons (Fsp3) is 0.362. The molecule has 5 aromatic rings. The van der Waals surface area contributed by atoms with E-state index in [4.69, 9.17) is 0 Å². The molecule has 0 aromatic heterocycles. The van der Waals surface area contributed by atoms with Gasteiger partial charge in [0.25, 0.3) is 0 Å². The lowest BCUT2D eigenvalue weighted by Crippen LogP contribution is -2.34. The monoisotopic (exact) mass is 613 g/mol. The van der Waals surface area contributed by atoms with Gasteiger partial charge < -0.3 is 0 Å². The van der Waals surface area contributed by atoms with Crippen LogP contribution in [0.3, 0.4) is 0 Å². The van der Waals surface area contributed by atoms with Crippen LogP contribution in [-0.4, -0.2) is 0 Å². The van der Waals surface area contributed by atoms with Crippen molar-refractivity contribution in [3.63, 3.8) is 0 Å². The van der Waals surface area contributed by atoms with E-state index in [1.165, 1.54) is 91.7 Å². The summed E-state index contributed by atoms with van der Waals surface area (Å²) in [4.78, 5) is 0. The minimum absolute atomic E-state index is 0.109. The molecule has 0 heterocycles. The second-order valence-corrected chi connectivity index (χ2v) is 17.4. The van der Waals surface area contributed by atoms with Gasteiger partial charge in [-0.05, 0) is 81.7 Å². The van der Waals surface area contributed by atoms with E-state index in [-0.39, 0.29) is 21.7 Å². The minimum atomic E-state index is -0.544. The van der Waals surface area contributed by atoms with Crippen molar-refractivity contribution in [3.05, 3.63) is 153 Å². The average Bonchev–Trinajstić information content (AvgIpc) is 3.70. The molecular formula is C47H49-. The Balaban J connectivity index is 1.65. The highest BCUT2D eigenvalue weighted by Gasteiger charge is 2.43. The van der Waals surface area contributed by atoms with Gasteiger partial charge in [-0.15, -0.1) is 45.1 Å². The van der Waals surface area contributed by atoms with Crippen LogP contribution in [0.5, 0.6) is 0 Å². The molecule has 3 aliphatic rings. The van der Waals surface area contributed by atoms with Crippen molar-refractivity contribution in [1.29, 1.82) is 0 Å². The fourth-order valence-corrected chi connectivity index (χ4v) is 9.48. The molecule has 238 valence electrons. The quantitative estimate of drug-likeness (QED) is 0.140. The Bertz CT molecular complexity index is 2010. The van der Waals surface area contributed by atoms with Crippen LogP contribution < -0.4 is 0 Å². The summed E-state index contributed by atoms with van der Waals surface area (Å²) in [6, 6.07) is 33.0. The van der Waals surface area contributed by atoms with Gasteiger partial charge in [0.15, 0.2) is 0 Å². The lowest BCUT2D eigenvalue weighted by atomic mass is 9.61. The topological polar surface area (TPSA) is 0 Å². The van der Waals surface area contributed by atoms with Gasteiger partial charge in [0.05, 0.1) is 5.41 Å². The van der Waals surface area contributed by atoms with E-state index in [0.717, 1.165) is 0 Å². The largest absolute Gasteiger partial charge is 0.122 e. The first kappa shape index (κ1) is 30.4. The molecule has 0 bridgehead atoms. The highest BCUT2D eigenvalue weighted by Crippen LogP contribution is 2.57. The molecule has 47 heavy (non-hydrogen) atoms. The molecule has 8 rings (SSSR count). The van der Waals surface area contributed by atoms with E-state index in [9.17, 15) is 0 Å². The maximum absolute atomic E-state index is 3.78. The van der Waals surface area contributed by atoms with Crippen LogP contribution in [0.4, 0.5) is 0 Å². The average molecular weight is 614 g/mol. The molecule has 0 atom stereocenters. The van der Waals surface area contributed by atoms with E-state index >= 15 is 0 Å². The number of fused-ring (bicyclic) bond motifs is 5. The first-order chi connectivity index (χ1) is 22.3. The van der Waals surface area contributed by atoms with E-state index < -0.39 is 5.41 Å². The van der Waals surface area contributed by atoms with Gasteiger partial charge in [0, 0.05) is 5.57 Å². The van der Waals surface area contributed by atoms with Crippen molar-refractivity contribution < 1.29 is 0 Å². The zero-order valence-electron chi connectivity index (χ0n) is 29.6. The summed E-state index contributed by atoms with van der Waals surface area (Å²) in [5.41, 5.74) is 15.0. The molecule has 3 aliphatic carbocycles. The molecule has 0 spiro atoms. The van der Waals surface area contributed by atoms with Crippen molar-refractivity contribution in [2.75, 3.05) is 0 Å². The fourth-order valence-electron chi connectivity index (χ4n) is 9.48. The normalized spacial score (nSPS) is 20.3. The number of allylic oxidation sites excluding steroid dienone is 3. The Morgan fingerprint density at radius 3 is 1.53 bits per heavy atom. The summed E-state index contributed by atoms with van der Waals surface area (Å²) < 4.78 is 0. The Morgan fingerprint density at radius 2 is 1.04 bits per heavy atom. The Labute approximate surface area is 282 Å². The zero-order valence-corrected chi connectivity index (χ0v) is 29.6. The summed E-state index contributed by atoms with van der Waals surface area (Å²) in [7, 11) is 0. The zero-order chi connectivity index (χ0) is 33.0.